The Labute approximate surface area is 97.2 Å². The molecule has 1 unspecified atom stereocenters. The molecule has 1 aliphatic rings. The maximum Gasteiger partial charge on any atom is 0.140 e. The molecule has 14 heavy (non-hydrogen) atoms. The molecule has 0 bridgehead atoms. The predicted molar refractivity (Wildman–Crippen MR) is 62.8 cm³/mol. The summed E-state index contributed by atoms with van der Waals surface area (Å²) in [5, 5.41) is 3.48. The van der Waals surface area contributed by atoms with Crippen LogP contribution in [0.5, 0.6) is 0 Å². The van der Waals surface area contributed by atoms with E-state index in [2.05, 4.69) is 26.2 Å². The Morgan fingerprint density at radius 1 is 1.64 bits per heavy atom. The third-order valence-electron chi connectivity index (χ3n) is 2.36. The molecular formula is C10H12BrClN2. The normalized spacial score (nSPS) is 17.9. The van der Waals surface area contributed by atoms with E-state index in [4.69, 9.17) is 11.6 Å². The van der Waals surface area contributed by atoms with Crippen LogP contribution in [0.1, 0.15) is 12.8 Å². The van der Waals surface area contributed by atoms with Crippen molar-refractivity contribution < 1.29 is 0 Å². The standard InChI is InChI=1S/C10H12BrClN2/c11-8-2-1-5-13-10(8)14-6-9(12)7-3-4-7/h1-2,5,7,9H,3-4,6H2,(H,13,14). The van der Waals surface area contributed by atoms with Crippen LogP contribution in [-0.4, -0.2) is 16.9 Å². The number of pyridine rings is 1. The quantitative estimate of drug-likeness (QED) is 0.853. The first-order chi connectivity index (χ1) is 6.77. The summed E-state index contributed by atoms with van der Waals surface area (Å²) in [5.74, 6) is 1.59. The van der Waals surface area contributed by atoms with Gasteiger partial charge in [0.25, 0.3) is 0 Å². The summed E-state index contributed by atoms with van der Waals surface area (Å²) in [5.41, 5.74) is 0. The van der Waals surface area contributed by atoms with Crippen molar-refractivity contribution in [2.24, 2.45) is 5.92 Å². The van der Waals surface area contributed by atoms with Gasteiger partial charge in [-0.25, -0.2) is 4.98 Å². The minimum Gasteiger partial charge on any atom is -0.368 e. The van der Waals surface area contributed by atoms with Crippen LogP contribution >= 0.6 is 27.5 Å². The Hall–Kier alpha value is -0.280. The Morgan fingerprint density at radius 3 is 3.07 bits per heavy atom. The van der Waals surface area contributed by atoms with Crippen molar-refractivity contribution in [1.82, 2.24) is 4.98 Å². The summed E-state index contributed by atoms with van der Waals surface area (Å²) in [6, 6.07) is 3.87. The number of rotatable bonds is 4. The van der Waals surface area contributed by atoms with E-state index in [1.165, 1.54) is 12.8 Å². The van der Waals surface area contributed by atoms with Crippen molar-refractivity contribution in [2.45, 2.75) is 18.2 Å². The highest BCUT2D eigenvalue weighted by Crippen LogP contribution is 2.35. The largest absolute Gasteiger partial charge is 0.368 e. The molecule has 2 nitrogen and oxygen atoms in total. The molecule has 2 rings (SSSR count). The number of nitrogens with one attached hydrogen (secondary N) is 1. The molecule has 0 aliphatic heterocycles. The zero-order valence-corrected chi connectivity index (χ0v) is 10.1. The number of nitrogens with zero attached hydrogens (tertiary/aromatic N) is 1. The first-order valence-electron chi connectivity index (χ1n) is 4.76. The van der Waals surface area contributed by atoms with Crippen molar-refractivity contribution >= 4 is 33.3 Å². The highest BCUT2D eigenvalue weighted by molar-refractivity contribution is 9.10. The van der Waals surface area contributed by atoms with Crippen LogP contribution in [0.15, 0.2) is 22.8 Å². The van der Waals surface area contributed by atoms with E-state index in [9.17, 15) is 0 Å². The van der Waals surface area contributed by atoms with Crippen LogP contribution in [0.4, 0.5) is 5.82 Å². The van der Waals surface area contributed by atoms with Crippen LogP contribution < -0.4 is 5.32 Å². The first kappa shape index (κ1) is 10.2. The van der Waals surface area contributed by atoms with E-state index in [0.29, 0.717) is 5.92 Å². The van der Waals surface area contributed by atoms with Gasteiger partial charge in [0.1, 0.15) is 5.82 Å². The Balaban J connectivity index is 1.87. The lowest BCUT2D eigenvalue weighted by Crippen LogP contribution is -2.16. The smallest absolute Gasteiger partial charge is 0.140 e. The van der Waals surface area contributed by atoms with Gasteiger partial charge in [-0.05, 0) is 46.8 Å². The molecule has 4 heteroatoms. The lowest BCUT2D eigenvalue weighted by atomic mass is 10.3. The van der Waals surface area contributed by atoms with Gasteiger partial charge in [-0.2, -0.15) is 0 Å². The van der Waals surface area contributed by atoms with E-state index in [1.54, 1.807) is 6.20 Å². The fraction of sp³-hybridized carbons (Fsp3) is 0.500. The van der Waals surface area contributed by atoms with Crippen molar-refractivity contribution in [3.05, 3.63) is 22.8 Å². The van der Waals surface area contributed by atoms with Crippen molar-refractivity contribution in [3.63, 3.8) is 0 Å². The van der Waals surface area contributed by atoms with Crippen molar-refractivity contribution in [3.8, 4) is 0 Å². The molecule has 1 aromatic rings. The van der Waals surface area contributed by atoms with Crippen LogP contribution in [0, 0.1) is 5.92 Å². The van der Waals surface area contributed by atoms with Gasteiger partial charge in [0, 0.05) is 12.7 Å². The Morgan fingerprint density at radius 2 is 2.43 bits per heavy atom. The van der Waals surface area contributed by atoms with E-state index in [0.717, 1.165) is 16.8 Å². The average Bonchev–Trinajstić information content (AvgIpc) is 2.99. The van der Waals surface area contributed by atoms with Gasteiger partial charge in [-0.3, -0.25) is 0 Å². The number of halogens is 2. The summed E-state index contributed by atoms with van der Waals surface area (Å²) in [6.07, 6.45) is 4.33. The second-order valence-corrected chi connectivity index (χ2v) is 4.98. The lowest BCUT2D eigenvalue weighted by Gasteiger charge is -2.10. The predicted octanol–water partition coefficient (Wildman–Crippen LogP) is 3.27. The maximum absolute atomic E-state index is 6.17. The molecule has 1 saturated carbocycles. The van der Waals surface area contributed by atoms with E-state index in [1.807, 2.05) is 12.1 Å². The van der Waals surface area contributed by atoms with Gasteiger partial charge in [0.15, 0.2) is 0 Å². The molecule has 0 amide bonds. The fourth-order valence-electron chi connectivity index (χ4n) is 1.33. The van der Waals surface area contributed by atoms with E-state index in [-0.39, 0.29) is 5.38 Å². The van der Waals surface area contributed by atoms with Crippen LogP contribution in [0.3, 0.4) is 0 Å². The van der Waals surface area contributed by atoms with Crippen LogP contribution in [-0.2, 0) is 0 Å². The number of anilines is 1. The molecule has 1 aromatic heterocycles. The fourth-order valence-corrected chi connectivity index (χ4v) is 2.06. The summed E-state index contributed by atoms with van der Waals surface area (Å²) in [7, 11) is 0. The average molecular weight is 276 g/mol. The molecule has 1 atom stereocenters. The Kier molecular flexibility index (Phi) is 3.29. The molecule has 1 aliphatic carbocycles. The zero-order chi connectivity index (χ0) is 9.97. The summed E-state index contributed by atoms with van der Waals surface area (Å²) in [6.45, 7) is 0.793. The molecule has 76 valence electrons. The van der Waals surface area contributed by atoms with E-state index >= 15 is 0 Å². The number of hydrogen-bond donors (Lipinski definition) is 1. The van der Waals surface area contributed by atoms with Crippen LogP contribution in [0.2, 0.25) is 0 Å². The summed E-state index contributed by atoms with van der Waals surface area (Å²) >= 11 is 9.61. The molecule has 0 radical (unpaired) electrons. The molecule has 0 saturated heterocycles. The van der Waals surface area contributed by atoms with Gasteiger partial charge in [0.05, 0.1) is 9.85 Å². The number of aromatic nitrogens is 1. The highest BCUT2D eigenvalue weighted by Gasteiger charge is 2.29. The topological polar surface area (TPSA) is 24.9 Å². The first-order valence-corrected chi connectivity index (χ1v) is 5.99. The van der Waals surface area contributed by atoms with Crippen LogP contribution in [0.25, 0.3) is 0 Å². The second kappa shape index (κ2) is 4.49. The summed E-state index contributed by atoms with van der Waals surface area (Å²) in [4.78, 5) is 4.21. The second-order valence-electron chi connectivity index (χ2n) is 3.57. The molecule has 1 fully saturated rings. The highest BCUT2D eigenvalue weighted by atomic mass is 79.9. The number of hydrogen-bond acceptors (Lipinski definition) is 2. The van der Waals surface area contributed by atoms with Gasteiger partial charge >= 0.3 is 0 Å². The molecule has 0 aromatic carbocycles. The van der Waals surface area contributed by atoms with Gasteiger partial charge < -0.3 is 5.32 Å². The molecular weight excluding hydrogens is 263 g/mol. The molecule has 1 heterocycles. The van der Waals surface area contributed by atoms with Gasteiger partial charge in [-0.15, -0.1) is 11.6 Å². The minimum absolute atomic E-state index is 0.240. The lowest BCUT2D eigenvalue weighted by molar-refractivity contribution is 0.768. The van der Waals surface area contributed by atoms with Crippen molar-refractivity contribution in [1.29, 1.82) is 0 Å². The van der Waals surface area contributed by atoms with Crippen molar-refractivity contribution in [2.75, 3.05) is 11.9 Å². The van der Waals surface area contributed by atoms with Gasteiger partial charge in [-0.1, -0.05) is 0 Å². The summed E-state index contributed by atoms with van der Waals surface area (Å²) < 4.78 is 0.986. The Bertz CT molecular complexity index is 315. The van der Waals surface area contributed by atoms with Gasteiger partial charge in [0.2, 0.25) is 0 Å². The minimum atomic E-state index is 0.240. The monoisotopic (exact) mass is 274 g/mol. The maximum atomic E-state index is 6.17. The molecule has 0 spiro atoms. The third kappa shape index (κ3) is 2.61. The van der Waals surface area contributed by atoms with E-state index < -0.39 is 0 Å². The number of alkyl halides is 1. The third-order valence-corrected chi connectivity index (χ3v) is 3.51. The molecule has 1 N–H and O–H groups in total. The SMILES string of the molecule is ClC(CNc1ncccc1Br)C1CC1. The zero-order valence-electron chi connectivity index (χ0n) is 7.71.